The van der Waals surface area contributed by atoms with E-state index in [1.165, 1.54) is 0 Å². The summed E-state index contributed by atoms with van der Waals surface area (Å²) in [6.07, 6.45) is 0. The zero-order chi connectivity index (χ0) is 12.8. The first kappa shape index (κ1) is 13.9. The van der Waals surface area contributed by atoms with Gasteiger partial charge in [0, 0.05) is 26.7 Å². The Kier molecular flexibility index (Phi) is 5.37. The Balaban J connectivity index is 2.29. The lowest BCUT2D eigenvalue weighted by Crippen LogP contribution is -2.37. The molecule has 6 nitrogen and oxygen atoms in total. The molecule has 0 spiro atoms. The van der Waals surface area contributed by atoms with Crippen LogP contribution in [0.4, 0.5) is 0 Å². The molecule has 0 aromatic rings. The molecule has 1 amide bonds. The van der Waals surface area contributed by atoms with E-state index < -0.39 is 5.97 Å². The number of amides is 1. The second-order valence-electron chi connectivity index (χ2n) is 4.46. The molecule has 1 saturated heterocycles. The number of likely N-dealkylation sites (tertiary alicyclic amines) is 1. The average molecular weight is 244 g/mol. The second kappa shape index (κ2) is 6.56. The van der Waals surface area contributed by atoms with Crippen LogP contribution in [0.1, 0.15) is 6.92 Å². The Morgan fingerprint density at radius 1 is 1.47 bits per heavy atom. The normalized spacial score (nSPS) is 24.8. The number of carboxylic acids is 1. The van der Waals surface area contributed by atoms with Crippen molar-refractivity contribution >= 4 is 11.9 Å². The van der Waals surface area contributed by atoms with E-state index in [1.807, 2.05) is 11.8 Å². The van der Waals surface area contributed by atoms with Gasteiger partial charge in [0.1, 0.15) is 0 Å². The number of hydrogen-bond acceptors (Lipinski definition) is 4. The molecule has 0 saturated carbocycles. The summed E-state index contributed by atoms with van der Waals surface area (Å²) in [5.74, 6) is -1.12. The van der Waals surface area contributed by atoms with Crippen LogP contribution >= 0.6 is 0 Å². The number of carbonyl (C=O) groups is 2. The Hall–Kier alpha value is -1.14. The van der Waals surface area contributed by atoms with Crippen molar-refractivity contribution in [3.05, 3.63) is 0 Å². The largest absolute Gasteiger partial charge is 0.481 e. The minimum absolute atomic E-state index is 0.0831. The molecule has 0 aromatic heterocycles. The number of aliphatic carboxylic acids is 1. The van der Waals surface area contributed by atoms with E-state index in [9.17, 15) is 9.59 Å². The smallest absolute Gasteiger partial charge is 0.308 e. The van der Waals surface area contributed by atoms with Crippen LogP contribution in [-0.2, 0) is 14.3 Å². The molecule has 0 bridgehead atoms. The lowest BCUT2D eigenvalue weighted by atomic mass is 9.99. The van der Waals surface area contributed by atoms with Crippen LogP contribution in [0.25, 0.3) is 0 Å². The highest BCUT2D eigenvalue weighted by atomic mass is 16.5. The van der Waals surface area contributed by atoms with Crippen molar-refractivity contribution in [3.63, 3.8) is 0 Å². The van der Waals surface area contributed by atoms with Crippen LogP contribution in [0.5, 0.6) is 0 Å². The Labute approximate surface area is 101 Å². The van der Waals surface area contributed by atoms with Crippen molar-refractivity contribution in [1.29, 1.82) is 0 Å². The highest BCUT2D eigenvalue weighted by molar-refractivity contribution is 5.78. The van der Waals surface area contributed by atoms with Gasteiger partial charge in [0.25, 0.3) is 0 Å². The molecule has 6 heteroatoms. The summed E-state index contributed by atoms with van der Waals surface area (Å²) < 4.78 is 4.82. The molecule has 98 valence electrons. The monoisotopic (exact) mass is 244 g/mol. The molecule has 2 N–H and O–H groups in total. The topological polar surface area (TPSA) is 78.9 Å². The van der Waals surface area contributed by atoms with E-state index in [0.717, 1.165) is 0 Å². The molecular weight excluding hydrogens is 224 g/mol. The Bertz CT molecular complexity index is 283. The summed E-state index contributed by atoms with van der Waals surface area (Å²) >= 11 is 0. The number of carboxylic acid groups (broad SMARTS) is 1. The van der Waals surface area contributed by atoms with Crippen molar-refractivity contribution in [3.8, 4) is 0 Å². The summed E-state index contributed by atoms with van der Waals surface area (Å²) in [6.45, 7) is 4.25. The third-order valence-electron chi connectivity index (χ3n) is 3.00. The molecule has 0 unspecified atom stereocenters. The minimum Gasteiger partial charge on any atom is -0.481 e. The number of nitrogens with one attached hydrogen (secondary N) is 1. The van der Waals surface area contributed by atoms with E-state index in [2.05, 4.69) is 5.32 Å². The number of rotatable bonds is 6. The van der Waals surface area contributed by atoms with Crippen molar-refractivity contribution in [2.45, 2.75) is 6.92 Å². The zero-order valence-corrected chi connectivity index (χ0v) is 10.3. The van der Waals surface area contributed by atoms with Gasteiger partial charge in [-0.15, -0.1) is 0 Å². The molecule has 2 atom stereocenters. The second-order valence-corrected chi connectivity index (χ2v) is 4.46. The van der Waals surface area contributed by atoms with Crippen molar-refractivity contribution in [1.82, 2.24) is 10.2 Å². The van der Waals surface area contributed by atoms with Crippen LogP contribution in [0.2, 0.25) is 0 Å². The van der Waals surface area contributed by atoms with Gasteiger partial charge in [-0.2, -0.15) is 0 Å². The molecule has 0 aromatic carbocycles. The predicted molar refractivity (Wildman–Crippen MR) is 61.6 cm³/mol. The molecule has 1 heterocycles. The maximum atomic E-state index is 11.5. The first-order valence-corrected chi connectivity index (χ1v) is 5.75. The highest BCUT2D eigenvalue weighted by Crippen LogP contribution is 2.22. The Morgan fingerprint density at radius 3 is 2.71 bits per heavy atom. The lowest BCUT2D eigenvalue weighted by molar-refractivity contribution is -0.142. The summed E-state index contributed by atoms with van der Waals surface area (Å²) in [5, 5.41) is 11.7. The maximum Gasteiger partial charge on any atom is 0.308 e. The molecular formula is C11H20N2O4. The quantitative estimate of drug-likeness (QED) is 0.610. The molecule has 0 radical (unpaired) electrons. The summed E-state index contributed by atoms with van der Waals surface area (Å²) in [4.78, 5) is 24.3. The average Bonchev–Trinajstić information content (AvgIpc) is 2.60. The number of nitrogens with zero attached hydrogens (tertiary/aromatic N) is 1. The van der Waals surface area contributed by atoms with E-state index in [4.69, 9.17) is 9.84 Å². The molecule has 1 rings (SSSR count). The van der Waals surface area contributed by atoms with E-state index in [0.29, 0.717) is 26.2 Å². The fourth-order valence-electron chi connectivity index (χ4n) is 2.07. The fraction of sp³-hybridized carbons (Fsp3) is 0.818. The van der Waals surface area contributed by atoms with E-state index in [-0.39, 0.29) is 24.3 Å². The third-order valence-corrected chi connectivity index (χ3v) is 3.00. The number of methoxy groups -OCH3 is 1. The van der Waals surface area contributed by atoms with E-state index >= 15 is 0 Å². The van der Waals surface area contributed by atoms with Gasteiger partial charge in [-0.25, -0.2) is 0 Å². The minimum atomic E-state index is -0.778. The molecule has 1 aliphatic rings. The van der Waals surface area contributed by atoms with Gasteiger partial charge in [0.15, 0.2) is 0 Å². The number of ether oxygens (including phenoxy) is 1. The number of carbonyl (C=O) groups excluding carboxylic acids is 1. The van der Waals surface area contributed by atoms with Gasteiger partial charge >= 0.3 is 5.97 Å². The van der Waals surface area contributed by atoms with Gasteiger partial charge < -0.3 is 15.2 Å². The highest BCUT2D eigenvalue weighted by Gasteiger charge is 2.35. The Morgan fingerprint density at radius 2 is 2.18 bits per heavy atom. The van der Waals surface area contributed by atoms with Crippen LogP contribution in [0.15, 0.2) is 0 Å². The standard InChI is InChI=1S/C11H20N2O4/c1-8-5-13(6-9(8)11(15)16)7-10(14)12-3-4-17-2/h8-9H,3-7H2,1-2H3,(H,12,14)(H,15,16)/t8-,9-/m1/s1. The van der Waals surface area contributed by atoms with Gasteiger partial charge in [-0.05, 0) is 5.92 Å². The summed E-state index contributed by atoms with van der Waals surface area (Å²) in [6, 6.07) is 0. The van der Waals surface area contributed by atoms with Gasteiger partial charge in [-0.1, -0.05) is 6.92 Å². The van der Waals surface area contributed by atoms with Crippen molar-refractivity contribution < 1.29 is 19.4 Å². The first-order valence-electron chi connectivity index (χ1n) is 5.75. The van der Waals surface area contributed by atoms with Gasteiger partial charge in [0.05, 0.1) is 19.1 Å². The summed E-state index contributed by atoms with van der Waals surface area (Å²) in [7, 11) is 1.58. The van der Waals surface area contributed by atoms with Gasteiger partial charge in [0.2, 0.25) is 5.91 Å². The van der Waals surface area contributed by atoms with Crippen molar-refractivity contribution in [2.24, 2.45) is 11.8 Å². The van der Waals surface area contributed by atoms with Crippen LogP contribution in [0, 0.1) is 11.8 Å². The molecule has 1 fully saturated rings. The first-order chi connectivity index (χ1) is 8.04. The van der Waals surface area contributed by atoms with Crippen molar-refractivity contribution in [2.75, 3.05) is 39.9 Å². The maximum absolute atomic E-state index is 11.5. The zero-order valence-electron chi connectivity index (χ0n) is 10.3. The van der Waals surface area contributed by atoms with Crippen LogP contribution < -0.4 is 5.32 Å². The van der Waals surface area contributed by atoms with E-state index in [1.54, 1.807) is 7.11 Å². The fourth-order valence-corrected chi connectivity index (χ4v) is 2.07. The summed E-state index contributed by atoms with van der Waals surface area (Å²) in [5.41, 5.74) is 0. The number of hydrogen-bond donors (Lipinski definition) is 2. The third kappa shape index (κ3) is 4.32. The predicted octanol–water partition coefficient (Wildman–Crippen LogP) is -0.598. The molecule has 1 aliphatic heterocycles. The van der Waals surface area contributed by atoms with Gasteiger partial charge in [-0.3, -0.25) is 14.5 Å². The van der Waals surface area contributed by atoms with Crippen LogP contribution in [0.3, 0.4) is 0 Å². The van der Waals surface area contributed by atoms with Crippen LogP contribution in [-0.4, -0.2) is 61.8 Å². The lowest BCUT2D eigenvalue weighted by Gasteiger charge is -2.14. The molecule has 17 heavy (non-hydrogen) atoms. The SMILES string of the molecule is COCCNC(=O)CN1C[C@@H](C)[C@H](C(=O)O)C1. The molecule has 0 aliphatic carbocycles.